The van der Waals surface area contributed by atoms with Crippen molar-refractivity contribution in [3.63, 3.8) is 0 Å². The molecule has 0 aromatic carbocycles. The van der Waals surface area contributed by atoms with E-state index in [9.17, 15) is 10.2 Å². The van der Waals surface area contributed by atoms with E-state index in [-0.39, 0.29) is 13.2 Å². The van der Waals surface area contributed by atoms with E-state index in [0.717, 1.165) is 25.4 Å². The molecule has 0 heterocycles. The second-order valence-corrected chi connectivity index (χ2v) is 5.47. The van der Waals surface area contributed by atoms with E-state index in [1.54, 1.807) is 0 Å². The van der Waals surface area contributed by atoms with Crippen molar-refractivity contribution in [3.05, 3.63) is 0 Å². The molecule has 3 nitrogen and oxygen atoms in total. The van der Waals surface area contributed by atoms with Crippen LogP contribution in [0, 0.1) is 11.3 Å². The number of hydrogen-bond donors (Lipinski definition) is 2. The van der Waals surface area contributed by atoms with Gasteiger partial charge in [-0.25, -0.2) is 0 Å². The molecular formula is C14H30O3. The highest BCUT2D eigenvalue weighted by atomic mass is 16.5. The second kappa shape index (κ2) is 9.86. The summed E-state index contributed by atoms with van der Waals surface area (Å²) in [5.41, 5.74) is -0.446. The van der Waals surface area contributed by atoms with Crippen LogP contribution in [0.1, 0.15) is 52.9 Å². The Morgan fingerprint density at radius 3 is 2.18 bits per heavy atom. The summed E-state index contributed by atoms with van der Waals surface area (Å²) in [4.78, 5) is 0. The number of unbranched alkanes of at least 4 members (excludes halogenated alkanes) is 2. The third-order valence-corrected chi connectivity index (χ3v) is 3.40. The van der Waals surface area contributed by atoms with Gasteiger partial charge in [0.2, 0.25) is 0 Å². The van der Waals surface area contributed by atoms with E-state index >= 15 is 0 Å². The van der Waals surface area contributed by atoms with Crippen molar-refractivity contribution in [2.45, 2.75) is 52.9 Å². The van der Waals surface area contributed by atoms with Crippen LogP contribution in [0.25, 0.3) is 0 Å². The first-order chi connectivity index (χ1) is 8.10. The van der Waals surface area contributed by atoms with Gasteiger partial charge in [-0.1, -0.05) is 40.0 Å². The molecule has 3 heteroatoms. The molecule has 2 N–H and O–H groups in total. The zero-order valence-corrected chi connectivity index (χ0v) is 11.7. The summed E-state index contributed by atoms with van der Waals surface area (Å²) >= 11 is 0. The van der Waals surface area contributed by atoms with Gasteiger partial charge in [0, 0.05) is 12.0 Å². The summed E-state index contributed by atoms with van der Waals surface area (Å²) < 4.78 is 5.56. The molecule has 0 aliphatic heterocycles. The van der Waals surface area contributed by atoms with E-state index < -0.39 is 5.41 Å². The van der Waals surface area contributed by atoms with Crippen LogP contribution < -0.4 is 0 Å². The number of aliphatic hydroxyl groups is 2. The van der Waals surface area contributed by atoms with Gasteiger partial charge in [0.05, 0.1) is 19.8 Å². The lowest BCUT2D eigenvalue weighted by molar-refractivity contribution is -0.0306. The van der Waals surface area contributed by atoms with Crippen LogP contribution in [0.4, 0.5) is 0 Å². The van der Waals surface area contributed by atoms with Gasteiger partial charge in [-0.2, -0.15) is 0 Å². The van der Waals surface area contributed by atoms with Crippen molar-refractivity contribution < 1.29 is 14.9 Å². The molecule has 0 aliphatic carbocycles. The molecule has 0 unspecified atom stereocenters. The predicted molar refractivity (Wildman–Crippen MR) is 71.0 cm³/mol. The largest absolute Gasteiger partial charge is 0.396 e. The summed E-state index contributed by atoms with van der Waals surface area (Å²) in [7, 11) is 0. The van der Waals surface area contributed by atoms with Crippen molar-refractivity contribution in [1.82, 2.24) is 0 Å². The molecule has 0 bridgehead atoms. The summed E-state index contributed by atoms with van der Waals surface area (Å²) in [6.45, 7) is 7.64. The van der Waals surface area contributed by atoms with Gasteiger partial charge in [-0.15, -0.1) is 0 Å². The molecule has 0 radical (unpaired) electrons. The molecule has 104 valence electrons. The van der Waals surface area contributed by atoms with Crippen molar-refractivity contribution in [1.29, 1.82) is 0 Å². The molecular weight excluding hydrogens is 216 g/mol. The third kappa shape index (κ3) is 7.74. The minimum Gasteiger partial charge on any atom is -0.396 e. The summed E-state index contributed by atoms with van der Waals surface area (Å²) in [5, 5.41) is 18.5. The highest BCUT2D eigenvalue weighted by Crippen LogP contribution is 2.20. The van der Waals surface area contributed by atoms with E-state index in [1.165, 1.54) is 19.3 Å². The van der Waals surface area contributed by atoms with Crippen molar-refractivity contribution in [3.8, 4) is 0 Å². The Labute approximate surface area is 106 Å². The smallest absolute Gasteiger partial charge is 0.0566 e. The molecule has 0 spiro atoms. The Morgan fingerprint density at radius 1 is 1.06 bits per heavy atom. The number of rotatable bonds is 11. The fourth-order valence-corrected chi connectivity index (χ4v) is 1.69. The number of ether oxygens (including phenoxy) is 1. The third-order valence-electron chi connectivity index (χ3n) is 3.40. The lowest BCUT2D eigenvalue weighted by Gasteiger charge is -2.27. The van der Waals surface area contributed by atoms with E-state index in [1.807, 2.05) is 6.92 Å². The van der Waals surface area contributed by atoms with Gasteiger partial charge in [-0.05, 0) is 18.8 Å². The Hall–Kier alpha value is -0.120. The standard InChI is InChI=1S/C14H30O3/c1-4-14(10-15,11-16)12-17-9-7-5-6-8-13(2)3/h13,15-16H,4-12H2,1-3H3. The first kappa shape index (κ1) is 16.9. The summed E-state index contributed by atoms with van der Waals surface area (Å²) in [6.07, 6.45) is 5.57. The van der Waals surface area contributed by atoms with Gasteiger partial charge in [0.1, 0.15) is 0 Å². The van der Waals surface area contributed by atoms with Crippen LogP contribution in [0.3, 0.4) is 0 Å². The minimum atomic E-state index is -0.446. The van der Waals surface area contributed by atoms with Crippen LogP contribution in [0.2, 0.25) is 0 Å². The Morgan fingerprint density at radius 2 is 1.71 bits per heavy atom. The molecule has 0 amide bonds. The maximum atomic E-state index is 9.24. The first-order valence-corrected chi connectivity index (χ1v) is 6.89. The molecule has 0 saturated carbocycles. The van der Waals surface area contributed by atoms with Crippen LogP contribution in [0.15, 0.2) is 0 Å². The first-order valence-electron chi connectivity index (χ1n) is 6.89. The fourth-order valence-electron chi connectivity index (χ4n) is 1.69. The normalized spacial score (nSPS) is 12.4. The topological polar surface area (TPSA) is 49.7 Å². The van der Waals surface area contributed by atoms with Gasteiger partial charge >= 0.3 is 0 Å². The van der Waals surface area contributed by atoms with Gasteiger partial charge in [0.25, 0.3) is 0 Å². The molecule has 17 heavy (non-hydrogen) atoms. The van der Waals surface area contributed by atoms with Crippen molar-refractivity contribution in [2.24, 2.45) is 11.3 Å². The lowest BCUT2D eigenvalue weighted by atomic mass is 9.88. The molecule has 0 saturated heterocycles. The maximum Gasteiger partial charge on any atom is 0.0566 e. The summed E-state index contributed by atoms with van der Waals surface area (Å²) in [5.74, 6) is 0.785. The fraction of sp³-hybridized carbons (Fsp3) is 1.00. The lowest BCUT2D eigenvalue weighted by Crippen LogP contribution is -2.34. The maximum absolute atomic E-state index is 9.24. The minimum absolute atomic E-state index is 0.00660. The van der Waals surface area contributed by atoms with Crippen LogP contribution in [-0.4, -0.2) is 36.6 Å². The molecule has 0 atom stereocenters. The van der Waals surface area contributed by atoms with Gasteiger partial charge in [-0.3, -0.25) is 0 Å². The molecule has 0 rings (SSSR count). The van der Waals surface area contributed by atoms with E-state index in [2.05, 4.69) is 13.8 Å². The van der Waals surface area contributed by atoms with Gasteiger partial charge < -0.3 is 14.9 Å². The second-order valence-electron chi connectivity index (χ2n) is 5.47. The predicted octanol–water partition coefficient (Wildman–Crippen LogP) is 2.60. The van der Waals surface area contributed by atoms with Gasteiger partial charge in [0.15, 0.2) is 0 Å². The highest BCUT2D eigenvalue weighted by Gasteiger charge is 2.26. The zero-order chi connectivity index (χ0) is 13.1. The summed E-state index contributed by atoms with van der Waals surface area (Å²) in [6, 6.07) is 0. The van der Waals surface area contributed by atoms with E-state index in [0.29, 0.717) is 6.61 Å². The Bertz CT molecular complexity index is 157. The number of hydrogen-bond acceptors (Lipinski definition) is 3. The zero-order valence-electron chi connectivity index (χ0n) is 11.7. The molecule has 0 fully saturated rings. The van der Waals surface area contributed by atoms with Crippen LogP contribution in [0.5, 0.6) is 0 Å². The molecule has 0 aliphatic rings. The quantitative estimate of drug-likeness (QED) is 0.551. The Balaban J connectivity index is 3.49. The average molecular weight is 246 g/mol. The number of aliphatic hydroxyl groups excluding tert-OH is 2. The van der Waals surface area contributed by atoms with Crippen molar-refractivity contribution in [2.75, 3.05) is 26.4 Å². The molecule has 0 aromatic heterocycles. The Kier molecular flexibility index (Phi) is 9.79. The SMILES string of the molecule is CCC(CO)(CO)COCCCCCC(C)C. The monoisotopic (exact) mass is 246 g/mol. The molecule has 0 aromatic rings. The highest BCUT2D eigenvalue weighted by molar-refractivity contribution is 4.75. The van der Waals surface area contributed by atoms with E-state index in [4.69, 9.17) is 4.74 Å². The van der Waals surface area contributed by atoms with Crippen LogP contribution >= 0.6 is 0 Å². The van der Waals surface area contributed by atoms with Crippen molar-refractivity contribution >= 4 is 0 Å². The van der Waals surface area contributed by atoms with Crippen LogP contribution in [-0.2, 0) is 4.74 Å². The average Bonchev–Trinajstić information content (AvgIpc) is 2.33.